The molecule has 96 valence electrons. The number of hydrogen-bond donors (Lipinski definition) is 1. The third kappa shape index (κ3) is 3.07. The summed E-state index contributed by atoms with van der Waals surface area (Å²) in [6.07, 6.45) is 0.507. The number of halogens is 1. The van der Waals surface area contributed by atoms with Crippen molar-refractivity contribution in [3.8, 4) is 0 Å². The largest absolute Gasteiger partial charge is 0.515 e. The summed E-state index contributed by atoms with van der Waals surface area (Å²) >= 11 is 3.15. The molecule has 0 radical (unpaired) electrons. The Balaban J connectivity index is 3.33. The van der Waals surface area contributed by atoms with E-state index >= 15 is 0 Å². The van der Waals surface area contributed by atoms with Gasteiger partial charge in [-0.2, -0.15) is 0 Å². The van der Waals surface area contributed by atoms with Crippen molar-refractivity contribution in [2.45, 2.75) is 6.92 Å². The van der Waals surface area contributed by atoms with E-state index in [-0.39, 0.29) is 23.4 Å². The quantitative estimate of drug-likeness (QED) is 0.303. The zero-order chi connectivity index (χ0) is 13.7. The minimum Gasteiger partial charge on any atom is -0.515 e. The van der Waals surface area contributed by atoms with Crippen molar-refractivity contribution in [1.29, 1.82) is 0 Å². The van der Waals surface area contributed by atoms with Gasteiger partial charge in [-0.1, -0.05) is 15.9 Å². The molecule has 1 rings (SSSR count). The van der Waals surface area contributed by atoms with Crippen LogP contribution in [-0.4, -0.2) is 22.6 Å². The molecular weight excluding hydrogens is 306 g/mol. The van der Waals surface area contributed by atoms with E-state index in [1.54, 1.807) is 6.92 Å². The number of aliphatic hydroxyl groups excluding tert-OH is 1. The van der Waals surface area contributed by atoms with Crippen LogP contribution in [0.3, 0.4) is 0 Å². The maximum atomic E-state index is 11.6. The third-order valence-corrected chi connectivity index (χ3v) is 2.56. The lowest BCUT2D eigenvalue weighted by Crippen LogP contribution is -2.08. The first-order valence-corrected chi connectivity index (χ1v) is 5.76. The number of nitro groups is 1. The second kappa shape index (κ2) is 6.15. The molecule has 0 unspecified atom stereocenters. The Labute approximate surface area is 111 Å². The summed E-state index contributed by atoms with van der Waals surface area (Å²) < 4.78 is 5.27. The zero-order valence-corrected chi connectivity index (χ0v) is 11.0. The van der Waals surface area contributed by atoms with Gasteiger partial charge in [-0.3, -0.25) is 10.1 Å². The number of ether oxygens (including phenoxy) is 1. The van der Waals surface area contributed by atoms with Crippen molar-refractivity contribution in [2.75, 3.05) is 6.61 Å². The molecule has 1 aromatic carbocycles. The standard InChI is InChI=1S/C11H10BrNO5/c1-2-18-11(15)9(6-14)8-5-7(12)3-4-10(8)13(16)17/h3-6,14H,2H2,1H3/b9-6-. The van der Waals surface area contributed by atoms with Gasteiger partial charge < -0.3 is 9.84 Å². The first-order chi connectivity index (χ1) is 8.51. The number of rotatable bonds is 4. The molecule has 0 heterocycles. The Bertz CT molecular complexity index is 512. The molecule has 0 aliphatic heterocycles. The Hall–Kier alpha value is -1.89. The molecule has 1 N–H and O–H groups in total. The summed E-state index contributed by atoms with van der Waals surface area (Å²) in [4.78, 5) is 21.8. The number of carbonyl (C=O) groups is 1. The van der Waals surface area contributed by atoms with Crippen molar-refractivity contribution >= 4 is 33.2 Å². The first-order valence-electron chi connectivity index (χ1n) is 4.97. The highest BCUT2D eigenvalue weighted by Crippen LogP contribution is 2.29. The summed E-state index contributed by atoms with van der Waals surface area (Å²) in [6.45, 7) is 1.71. The van der Waals surface area contributed by atoms with Gasteiger partial charge in [0, 0.05) is 10.5 Å². The van der Waals surface area contributed by atoms with E-state index in [9.17, 15) is 14.9 Å². The van der Waals surface area contributed by atoms with Crippen molar-refractivity contribution in [2.24, 2.45) is 0 Å². The molecule has 0 aliphatic rings. The summed E-state index contributed by atoms with van der Waals surface area (Å²) in [7, 11) is 0. The predicted octanol–water partition coefficient (Wildman–Crippen LogP) is 2.82. The SMILES string of the molecule is CCOC(=O)/C(=C\O)c1cc(Br)ccc1[N+](=O)[O-]. The molecule has 0 fully saturated rings. The Morgan fingerprint density at radius 3 is 2.78 bits per heavy atom. The van der Waals surface area contributed by atoms with Crippen LogP contribution in [0.5, 0.6) is 0 Å². The van der Waals surface area contributed by atoms with Crippen LogP contribution in [0, 0.1) is 10.1 Å². The van der Waals surface area contributed by atoms with Crippen molar-refractivity contribution < 1.29 is 19.6 Å². The van der Waals surface area contributed by atoms with E-state index in [4.69, 9.17) is 9.84 Å². The van der Waals surface area contributed by atoms with Gasteiger partial charge in [0.2, 0.25) is 0 Å². The molecular formula is C11H10BrNO5. The number of benzene rings is 1. The minimum absolute atomic E-state index is 0.00433. The van der Waals surface area contributed by atoms with Gasteiger partial charge in [-0.15, -0.1) is 0 Å². The number of hydrogen-bond acceptors (Lipinski definition) is 5. The van der Waals surface area contributed by atoms with Crippen LogP contribution in [0.15, 0.2) is 28.9 Å². The topological polar surface area (TPSA) is 89.7 Å². The van der Waals surface area contributed by atoms with Crippen LogP contribution in [0.1, 0.15) is 12.5 Å². The molecule has 0 saturated heterocycles. The van der Waals surface area contributed by atoms with Crippen molar-refractivity contribution in [3.05, 3.63) is 44.6 Å². The number of esters is 1. The zero-order valence-electron chi connectivity index (χ0n) is 9.42. The van der Waals surface area contributed by atoms with Gasteiger partial charge in [0.15, 0.2) is 0 Å². The summed E-state index contributed by atoms with van der Waals surface area (Å²) in [5.74, 6) is -0.818. The molecule has 0 atom stereocenters. The lowest BCUT2D eigenvalue weighted by molar-refractivity contribution is -0.385. The highest BCUT2D eigenvalue weighted by atomic mass is 79.9. The number of nitro benzene ring substituents is 1. The Kier molecular flexibility index (Phi) is 4.85. The van der Waals surface area contributed by atoms with Gasteiger partial charge in [-0.05, 0) is 19.1 Å². The van der Waals surface area contributed by atoms with E-state index < -0.39 is 10.9 Å². The van der Waals surface area contributed by atoms with Crippen LogP contribution in [0.4, 0.5) is 5.69 Å². The molecule has 0 aliphatic carbocycles. The van der Waals surface area contributed by atoms with Crippen LogP contribution in [-0.2, 0) is 9.53 Å². The Morgan fingerprint density at radius 1 is 1.61 bits per heavy atom. The predicted molar refractivity (Wildman–Crippen MR) is 68.0 cm³/mol. The monoisotopic (exact) mass is 315 g/mol. The molecule has 7 heteroatoms. The fraction of sp³-hybridized carbons (Fsp3) is 0.182. The van der Waals surface area contributed by atoms with E-state index in [0.717, 1.165) is 0 Å². The van der Waals surface area contributed by atoms with Gasteiger partial charge in [0.05, 0.1) is 23.4 Å². The lowest BCUT2D eigenvalue weighted by atomic mass is 10.1. The first kappa shape index (κ1) is 14.2. The summed E-state index contributed by atoms with van der Waals surface area (Å²) in [5.41, 5.74) is -0.549. The van der Waals surface area contributed by atoms with E-state index in [1.165, 1.54) is 18.2 Å². The van der Waals surface area contributed by atoms with Crippen LogP contribution in [0.2, 0.25) is 0 Å². The molecule has 1 aromatic rings. The number of nitrogens with zero attached hydrogens (tertiary/aromatic N) is 1. The average molecular weight is 316 g/mol. The van der Waals surface area contributed by atoms with Gasteiger partial charge >= 0.3 is 5.97 Å². The Morgan fingerprint density at radius 2 is 2.28 bits per heavy atom. The average Bonchev–Trinajstić information content (AvgIpc) is 2.30. The molecule has 6 nitrogen and oxygen atoms in total. The fourth-order valence-corrected chi connectivity index (χ4v) is 1.69. The summed E-state index contributed by atoms with van der Waals surface area (Å²) in [5, 5.41) is 19.9. The maximum Gasteiger partial charge on any atom is 0.342 e. The molecule has 0 spiro atoms. The fourth-order valence-electron chi connectivity index (χ4n) is 1.32. The van der Waals surface area contributed by atoms with Crippen molar-refractivity contribution in [3.63, 3.8) is 0 Å². The van der Waals surface area contributed by atoms with Gasteiger partial charge in [-0.25, -0.2) is 4.79 Å². The molecule has 0 amide bonds. The molecule has 18 heavy (non-hydrogen) atoms. The number of aliphatic hydroxyl groups is 1. The normalized spacial score (nSPS) is 11.1. The van der Waals surface area contributed by atoms with Gasteiger partial charge in [0.1, 0.15) is 5.57 Å². The van der Waals surface area contributed by atoms with Crippen LogP contribution >= 0.6 is 15.9 Å². The third-order valence-electron chi connectivity index (χ3n) is 2.07. The van der Waals surface area contributed by atoms with Gasteiger partial charge in [0.25, 0.3) is 5.69 Å². The smallest absolute Gasteiger partial charge is 0.342 e. The number of carbonyl (C=O) groups excluding carboxylic acids is 1. The minimum atomic E-state index is -0.818. The van der Waals surface area contributed by atoms with Crippen LogP contribution in [0.25, 0.3) is 5.57 Å². The van der Waals surface area contributed by atoms with E-state index in [1.807, 2.05) is 0 Å². The van der Waals surface area contributed by atoms with E-state index in [2.05, 4.69) is 15.9 Å². The highest BCUT2D eigenvalue weighted by molar-refractivity contribution is 9.10. The molecule has 0 saturated carbocycles. The molecule has 0 aromatic heterocycles. The maximum absolute atomic E-state index is 11.6. The highest BCUT2D eigenvalue weighted by Gasteiger charge is 2.23. The van der Waals surface area contributed by atoms with Crippen molar-refractivity contribution in [1.82, 2.24) is 0 Å². The van der Waals surface area contributed by atoms with E-state index in [0.29, 0.717) is 10.7 Å². The molecule has 0 bridgehead atoms. The van der Waals surface area contributed by atoms with Crippen LogP contribution < -0.4 is 0 Å². The second-order valence-corrected chi connectivity index (χ2v) is 4.10. The lowest BCUT2D eigenvalue weighted by Gasteiger charge is -2.07. The summed E-state index contributed by atoms with van der Waals surface area (Å²) in [6, 6.07) is 4.08. The second-order valence-electron chi connectivity index (χ2n) is 3.18.